The second kappa shape index (κ2) is 8.33. The van der Waals surface area contributed by atoms with Gasteiger partial charge in [0.2, 0.25) is 10.0 Å². The average molecular weight is 376 g/mol. The summed E-state index contributed by atoms with van der Waals surface area (Å²) in [6.07, 6.45) is 0. The molecule has 0 fully saturated rings. The van der Waals surface area contributed by atoms with E-state index in [9.17, 15) is 13.2 Å². The highest BCUT2D eigenvalue weighted by Gasteiger charge is 2.11. The summed E-state index contributed by atoms with van der Waals surface area (Å²) < 4.78 is 31.1. The van der Waals surface area contributed by atoms with E-state index < -0.39 is 10.0 Å². The molecule has 0 aliphatic heterocycles. The molecule has 2 N–H and O–H groups in total. The van der Waals surface area contributed by atoms with Gasteiger partial charge in [0.05, 0.1) is 4.90 Å². The number of nitrogens with one attached hydrogen (secondary N) is 2. The van der Waals surface area contributed by atoms with Crippen molar-refractivity contribution in [3.05, 3.63) is 53.6 Å². The van der Waals surface area contributed by atoms with Crippen molar-refractivity contribution in [1.82, 2.24) is 4.72 Å². The topological polar surface area (TPSA) is 84.5 Å². The van der Waals surface area contributed by atoms with E-state index in [-0.39, 0.29) is 17.4 Å². The van der Waals surface area contributed by atoms with E-state index in [1.807, 2.05) is 25.1 Å². The third kappa shape index (κ3) is 5.06. The van der Waals surface area contributed by atoms with Crippen LogP contribution in [0.25, 0.3) is 0 Å². The lowest BCUT2D eigenvalue weighted by Gasteiger charge is -2.12. The number of amides is 1. The van der Waals surface area contributed by atoms with Crippen LogP contribution in [0, 0.1) is 6.92 Å². The molecule has 6 nitrogen and oxygen atoms in total. The quantitative estimate of drug-likeness (QED) is 0.778. The number of hydrogen-bond donors (Lipinski definition) is 2. The van der Waals surface area contributed by atoms with Gasteiger partial charge in [0.1, 0.15) is 5.75 Å². The number of benzene rings is 2. The largest absolute Gasteiger partial charge is 0.484 e. The monoisotopic (exact) mass is 376 g/mol. The smallest absolute Gasteiger partial charge is 0.262 e. The molecule has 0 aliphatic carbocycles. The molecule has 2 rings (SSSR count). The number of rotatable bonds is 7. The van der Waals surface area contributed by atoms with Gasteiger partial charge in [0, 0.05) is 5.69 Å². The van der Waals surface area contributed by atoms with E-state index in [1.165, 1.54) is 36.9 Å². The zero-order chi connectivity index (χ0) is 19.3. The Bertz CT molecular complexity index is 875. The van der Waals surface area contributed by atoms with Gasteiger partial charge in [-0.25, -0.2) is 13.1 Å². The van der Waals surface area contributed by atoms with Crippen molar-refractivity contribution in [3.63, 3.8) is 0 Å². The zero-order valence-corrected chi connectivity index (χ0v) is 16.2. The molecule has 140 valence electrons. The molecule has 0 bridgehead atoms. The van der Waals surface area contributed by atoms with E-state index in [0.29, 0.717) is 17.4 Å². The van der Waals surface area contributed by atoms with Crippen LogP contribution in [0.1, 0.15) is 30.9 Å². The average Bonchev–Trinajstić information content (AvgIpc) is 2.60. The number of anilines is 1. The fraction of sp³-hybridized carbons (Fsp3) is 0.316. The summed E-state index contributed by atoms with van der Waals surface area (Å²) in [4.78, 5) is 12.2. The minimum Gasteiger partial charge on any atom is -0.484 e. The van der Waals surface area contributed by atoms with Crippen molar-refractivity contribution >= 4 is 21.6 Å². The van der Waals surface area contributed by atoms with Crippen LogP contribution < -0.4 is 14.8 Å². The lowest BCUT2D eigenvalue weighted by atomic mass is 9.98. The lowest BCUT2D eigenvalue weighted by molar-refractivity contribution is -0.118. The Morgan fingerprint density at radius 1 is 1.12 bits per heavy atom. The first-order chi connectivity index (χ1) is 12.2. The molecule has 0 atom stereocenters. The Kier molecular flexibility index (Phi) is 6.39. The van der Waals surface area contributed by atoms with E-state index in [1.54, 1.807) is 0 Å². The molecule has 26 heavy (non-hydrogen) atoms. The first kappa shape index (κ1) is 19.9. The fourth-order valence-corrected chi connectivity index (χ4v) is 3.30. The maximum Gasteiger partial charge on any atom is 0.262 e. The molecular formula is C19H24N2O4S. The van der Waals surface area contributed by atoms with E-state index in [4.69, 9.17) is 4.74 Å². The molecule has 0 unspecified atom stereocenters. The lowest BCUT2D eigenvalue weighted by Crippen LogP contribution is -2.21. The molecule has 0 saturated heterocycles. The number of carbonyl (C=O) groups is 1. The highest BCUT2D eigenvalue weighted by atomic mass is 32.2. The summed E-state index contributed by atoms with van der Waals surface area (Å²) in [6, 6.07) is 11.7. The number of ether oxygens (including phenoxy) is 1. The molecule has 7 heteroatoms. The molecule has 1 amide bonds. The number of carbonyl (C=O) groups excluding carboxylic acids is 1. The van der Waals surface area contributed by atoms with Gasteiger partial charge in [-0.2, -0.15) is 0 Å². The van der Waals surface area contributed by atoms with Crippen LogP contribution >= 0.6 is 0 Å². The molecule has 0 saturated carbocycles. The predicted molar refractivity (Wildman–Crippen MR) is 102 cm³/mol. The second-order valence-electron chi connectivity index (χ2n) is 6.24. The van der Waals surface area contributed by atoms with Crippen LogP contribution in [0.15, 0.2) is 47.4 Å². The predicted octanol–water partition coefficient (Wildman–Crippen LogP) is 3.04. The van der Waals surface area contributed by atoms with Crippen LogP contribution in [-0.4, -0.2) is 28.0 Å². The normalized spacial score (nSPS) is 11.4. The summed E-state index contributed by atoms with van der Waals surface area (Å²) >= 11 is 0. The van der Waals surface area contributed by atoms with Gasteiger partial charge >= 0.3 is 0 Å². The van der Waals surface area contributed by atoms with Crippen molar-refractivity contribution in [2.75, 3.05) is 19.0 Å². The van der Waals surface area contributed by atoms with E-state index in [0.717, 1.165) is 5.56 Å². The fourth-order valence-electron chi connectivity index (χ4n) is 2.57. The van der Waals surface area contributed by atoms with Gasteiger partial charge in [-0.3, -0.25) is 4.79 Å². The Labute approximate surface area is 154 Å². The van der Waals surface area contributed by atoms with Crippen molar-refractivity contribution in [2.24, 2.45) is 0 Å². The number of aryl methyl sites for hydroxylation is 1. The van der Waals surface area contributed by atoms with Gasteiger partial charge in [-0.1, -0.05) is 19.9 Å². The Morgan fingerprint density at radius 2 is 1.77 bits per heavy atom. The van der Waals surface area contributed by atoms with Crippen molar-refractivity contribution in [2.45, 2.75) is 31.6 Å². The third-order valence-corrected chi connectivity index (χ3v) is 5.38. The summed E-state index contributed by atoms with van der Waals surface area (Å²) in [7, 11) is -2.15. The summed E-state index contributed by atoms with van der Waals surface area (Å²) in [5.74, 6) is 0.749. The Hall–Kier alpha value is -2.38. The molecule has 2 aromatic rings. The van der Waals surface area contributed by atoms with Gasteiger partial charge in [0.25, 0.3) is 5.91 Å². The first-order valence-electron chi connectivity index (χ1n) is 8.29. The van der Waals surface area contributed by atoms with Gasteiger partial charge in [0.15, 0.2) is 6.61 Å². The minimum absolute atomic E-state index is 0.128. The maximum atomic E-state index is 12.0. The summed E-state index contributed by atoms with van der Waals surface area (Å²) in [6.45, 7) is 6.15. The maximum absolute atomic E-state index is 12.0. The Balaban J connectivity index is 1.94. The van der Waals surface area contributed by atoms with Crippen molar-refractivity contribution < 1.29 is 17.9 Å². The van der Waals surface area contributed by atoms with E-state index >= 15 is 0 Å². The molecule has 0 heterocycles. The highest BCUT2D eigenvalue weighted by molar-refractivity contribution is 7.89. The first-order valence-corrected chi connectivity index (χ1v) is 9.78. The summed E-state index contributed by atoms with van der Waals surface area (Å²) in [5, 5.41) is 2.67. The Morgan fingerprint density at radius 3 is 2.31 bits per heavy atom. The van der Waals surface area contributed by atoms with Gasteiger partial charge in [-0.15, -0.1) is 0 Å². The molecule has 2 aromatic carbocycles. The molecular weight excluding hydrogens is 352 g/mol. The van der Waals surface area contributed by atoms with Crippen molar-refractivity contribution in [1.29, 1.82) is 0 Å². The number of hydrogen-bond acceptors (Lipinski definition) is 4. The summed E-state index contributed by atoms with van der Waals surface area (Å²) in [5.41, 5.74) is 2.87. The SMILES string of the molecule is CNS(=O)(=O)c1ccc(NC(=O)COc2ccc(C(C)C)c(C)c2)cc1. The van der Waals surface area contributed by atoms with Crippen LogP contribution in [0.4, 0.5) is 5.69 Å². The van der Waals surface area contributed by atoms with Crippen molar-refractivity contribution in [3.8, 4) is 5.75 Å². The van der Waals surface area contributed by atoms with Gasteiger partial charge in [-0.05, 0) is 67.4 Å². The zero-order valence-electron chi connectivity index (χ0n) is 15.4. The minimum atomic E-state index is -3.49. The van der Waals surface area contributed by atoms with Crippen LogP contribution in [-0.2, 0) is 14.8 Å². The number of sulfonamides is 1. The van der Waals surface area contributed by atoms with Crippen LogP contribution in [0.5, 0.6) is 5.75 Å². The molecule has 0 aromatic heterocycles. The van der Waals surface area contributed by atoms with Crippen LogP contribution in [0.3, 0.4) is 0 Å². The highest BCUT2D eigenvalue weighted by Crippen LogP contribution is 2.23. The molecule has 0 spiro atoms. The van der Waals surface area contributed by atoms with E-state index in [2.05, 4.69) is 23.9 Å². The van der Waals surface area contributed by atoms with Crippen LogP contribution in [0.2, 0.25) is 0 Å². The van der Waals surface area contributed by atoms with Gasteiger partial charge < -0.3 is 10.1 Å². The molecule has 0 radical (unpaired) electrons. The third-order valence-electron chi connectivity index (χ3n) is 3.95. The second-order valence-corrected chi connectivity index (χ2v) is 8.13. The molecule has 0 aliphatic rings. The standard InChI is InChI=1S/C19H24N2O4S/c1-13(2)18-10-7-16(11-14(18)3)25-12-19(22)21-15-5-8-17(9-6-15)26(23,24)20-4/h5-11,13,20H,12H2,1-4H3,(H,21,22).